The summed E-state index contributed by atoms with van der Waals surface area (Å²) in [5, 5.41) is 14.0. The SMILES string of the molecule is CC/C=C\C/C=C\C/C=C\C/C=C\C/C=C\C/C=C\CCCCCCCCCCCCCCCCCCCCC(=O)NC(COP(=O)([O-])OCC[N+](C)(C)C)C(O)/C=C/CCCCCCCCCCCCCCCCCCCCCC. The number of amides is 1. The van der Waals surface area contributed by atoms with Gasteiger partial charge in [0.2, 0.25) is 5.91 Å². The summed E-state index contributed by atoms with van der Waals surface area (Å²) < 4.78 is 23.4. The van der Waals surface area contributed by atoms with Crippen molar-refractivity contribution in [2.45, 2.75) is 328 Å². The number of likely N-dealkylation sites (N-methyl/N-ethyl adjacent to an activating group) is 1. The molecule has 0 aromatic heterocycles. The van der Waals surface area contributed by atoms with Crippen molar-refractivity contribution >= 4 is 13.7 Å². The van der Waals surface area contributed by atoms with Crippen LogP contribution in [0.2, 0.25) is 0 Å². The normalized spacial score (nSPS) is 14.2. The third-order valence-electron chi connectivity index (χ3n) is 15.4. The first-order chi connectivity index (χ1) is 39.5. The van der Waals surface area contributed by atoms with Crippen LogP contribution in [0.15, 0.2) is 85.1 Å². The molecule has 0 radical (unpaired) electrons. The number of rotatable bonds is 63. The van der Waals surface area contributed by atoms with Crippen LogP contribution in [0.25, 0.3) is 0 Å². The maximum absolute atomic E-state index is 13.0. The first-order valence-electron chi connectivity index (χ1n) is 34.4. The molecule has 0 aliphatic carbocycles. The Labute approximate surface area is 503 Å². The molecule has 3 atom stereocenters. The van der Waals surface area contributed by atoms with E-state index in [4.69, 9.17) is 9.05 Å². The molecule has 81 heavy (non-hydrogen) atoms. The highest BCUT2D eigenvalue weighted by Gasteiger charge is 2.23. The molecule has 2 N–H and O–H groups in total. The topological polar surface area (TPSA) is 108 Å². The Morgan fingerprint density at radius 2 is 0.753 bits per heavy atom. The molecule has 9 heteroatoms. The van der Waals surface area contributed by atoms with Gasteiger partial charge in [0.15, 0.2) is 0 Å². The van der Waals surface area contributed by atoms with Crippen LogP contribution < -0.4 is 10.2 Å². The van der Waals surface area contributed by atoms with Gasteiger partial charge in [0.25, 0.3) is 7.82 Å². The number of hydrogen-bond acceptors (Lipinski definition) is 6. The molecule has 0 rings (SSSR count). The average molecular weight is 1150 g/mol. The van der Waals surface area contributed by atoms with Gasteiger partial charge in [0.1, 0.15) is 13.2 Å². The number of hydrogen-bond donors (Lipinski definition) is 2. The number of aliphatic hydroxyl groups is 1. The lowest BCUT2D eigenvalue weighted by atomic mass is 10.0. The van der Waals surface area contributed by atoms with Crippen LogP contribution in [0.1, 0.15) is 316 Å². The van der Waals surface area contributed by atoms with Crippen molar-refractivity contribution in [3.63, 3.8) is 0 Å². The lowest BCUT2D eigenvalue weighted by molar-refractivity contribution is -0.870. The number of nitrogens with zero attached hydrogens (tertiary/aromatic N) is 1. The van der Waals surface area contributed by atoms with Gasteiger partial charge in [0, 0.05) is 6.42 Å². The van der Waals surface area contributed by atoms with Crippen LogP contribution in [0.3, 0.4) is 0 Å². The smallest absolute Gasteiger partial charge is 0.268 e. The Morgan fingerprint density at radius 1 is 0.444 bits per heavy atom. The fraction of sp³-hybridized carbons (Fsp3) is 0.792. The molecule has 0 spiro atoms. The van der Waals surface area contributed by atoms with Gasteiger partial charge in [-0.2, -0.15) is 0 Å². The van der Waals surface area contributed by atoms with Gasteiger partial charge >= 0.3 is 0 Å². The number of carbonyl (C=O) groups excluding carboxylic acids is 1. The summed E-state index contributed by atoms with van der Waals surface area (Å²) >= 11 is 0. The predicted octanol–water partition coefficient (Wildman–Crippen LogP) is 21.3. The Bertz CT molecular complexity index is 1600. The average Bonchev–Trinajstić information content (AvgIpc) is 3.43. The van der Waals surface area contributed by atoms with Gasteiger partial charge in [-0.1, -0.05) is 324 Å². The number of quaternary nitrogens is 1. The fourth-order valence-corrected chi connectivity index (χ4v) is 10.8. The number of phosphoric acid groups is 1. The number of aliphatic hydroxyl groups excluding tert-OH is 1. The molecule has 472 valence electrons. The predicted molar refractivity (Wildman–Crippen MR) is 353 cm³/mol. The van der Waals surface area contributed by atoms with Crippen LogP contribution in [-0.2, 0) is 18.4 Å². The van der Waals surface area contributed by atoms with E-state index in [1.54, 1.807) is 6.08 Å². The van der Waals surface area contributed by atoms with Gasteiger partial charge in [-0.25, -0.2) is 0 Å². The zero-order valence-electron chi connectivity index (χ0n) is 54.0. The number of nitrogens with one attached hydrogen (secondary N) is 1. The minimum absolute atomic E-state index is 0.00167. The quantitative estimate of drug-likeness (QED) is 0.0272. The van der Waals surface area contributed by atoms with E-state index in [-0.39, 0.29) is 19.1 Å². The second kappa shape index (κ2) is 62.2. The standard InChI is InChI=1S/C72H133N2O6P/c1-6-8-10-12-14-16-18-20-22-24-26-28-30-31-32-33-34-35-36-37-38-39-40-41-42-43-44-46-48-50-52-54-56-58-60-62-64-66-72(76)73-70(69-80-81(77,78)79-68-67-74(3,4)5)71(75)65-63-61-59-57-55-53-51-49-47-45-29-27-25-23-21-19-17-15-13-11-9-7-2/h8,10,14,16,20,22,26,28,31-32,34-35,63,65,70-71,75H,6-7,9,11-13,15,17-19,21,23-25,27,29-30,33,36-62,64,66-69H2,1-5H3,(H-,73,76,77,78)/b10-8-,16-14-,22-20-,28-26-,32-31-,35-34-,65-63+. The van der Waals surface area contributed by atoms with Crippen molar-refractivity contribution in [3.05, 3.63) is 85.1 Å². The molecule has 0 aliphatic rings. The lowest BCUT2D eigenvalue weighted by Gasteiger charge is -2.29. The highest BCUT2D eigenvalue weighted by Crippen LogP contribution is 2.38. The summed E-state index contributed by atoms with van der Waals surface area (Å²) in [5.41, 5.74) is 0. The van der Waals surface area contributed by atoms with Crippen LogP contribution in [0.5, 0.6) is 0 Å². The first kappa shape index (κ1) is 78.7. The summed E-state index contributed by atoms with van der Waals surface area (Å²) in [7, 11) is 1.27. The van der Waals surface area contributed by atoms with Gasteiger partial charge in [-0.15, -0.1) is 0 Å². The monoisotopic (exact) mass is 1150 g/mol. The molecule has 1 amide bonds. The van der Waals surface area contributed by atoms with Gasteiger partial charge < -0.3 is 28.8 Å². The molecule has 0 aromatic rings. The first-order valence-corrected chi connectivity index (χ1v) is 35.9. The Kier molecular flexibility index (Phi) is 60.4. The van der Waals surface area contributed by atoms with Crippen molar-refractivity contribution in [2.75, 3.05) is 40.9 Å². The Morgan fingerprint density at radius 3 is 1.10 bits per heavy atom. The summed E-state index contributed by atoms with van der Waals surface area (Å²) in [4.78, 5) is 25.6. The highest BCUT2D eigenvalue weighted by molar-refractivity contribution is 7.45. The minimum Gasteiger partial charge on any atom is -0.756 e. The molecular formula is C72H133N2O6P. The van der Waals surface area contributed by atoms with Crippen molar-refractivity contribution in [1.82, 2.24) is 5.32 Å². The maximum atomic E-state index is 13.0. The zero-order valence-corrected chi connectivity index (χ0v) is 54.9. The largest absolute Gasteiger partial charge is 0.756 e. The van der Waals surface area contributed by atoms with Gasteiger partial charge in [-0.05, 0) is 70.6 Å². The molecular weight excluding hydrogens is 1020 g/mol. The summed E-state index contributed by atoms with van der Waals surface area (Å²) in [6.45, 7) is 4.57. The van der Waals surface area contributed by atoms with E-state index in [0.717, 1.165) is 77.0 Å². The van der Waals surface area contributed by atoms with E-state index < -0.39 is 20.0 Å². The second-order valence-electron chi connectivity index (χ2n) is 24.5. The van der Waals surface area contributed by atoms with Crippen LogP contribution in [0, 0.1) is 0 Å². The molecule has 0 saturated carbocycles. The van der Waals surface area contributed by atoms with Crippen molar-refractivity contribution in [3.8, 4) is 0 Å². The van der Waals surface area contributed by atoms with Crippen LogP contribution in [-0.4, -0.2) is 68.5 Å². The van der Waals surface area contributed by atoms with Crippen molar-refractivity contribution in [1.29, 1.82) is 0 Å². The Hall–Kier alpha value is -2.32. The number of allylic oxidation sites excluding steroid dienone is 13. The molecule has 0 aromatic carbocycles. The molecule has 0 aliphatic heterocycles. The van der Waals surface area contributed by atoms with E-state index >= 15 is 0 Å². The second-order valence-corrected chi connectivity index (χ2v) is 25.9. The van der Waals surface area contributed by atoms with Crippen LogP contribution in [0.4, 0.5) is 0 Å². The van der Waals surface area contributed by atoms with Crippen molar-refractivity contribution in [2.24, 2.45) is 0 Å². The third kappa shape index (κ3) is 65.1. The Balaban J connectivity index is 4.03. The summed E-state index contributed by atoms with van der Waals surface area (Å²) in [5.74, 6) is -0.194. The zero-order chi connectivity index (χ0) is 59.1. The van der Waals surface area contributed by atoms with Gasteiger partial charge in [0.05, 0.1) is 39.9 Å². The highest BCUT2D eigenvalue weighted by atomic mass is 31.2. The number of phosphoric ester groups is 1. The minimum atomic E-state index is -4.60. The fourth-order valence-electron chi connectivity index (χ4n) is 10.0. The van der Waals surface area contributed by atoms with Gasteiger partial charge in [-0.3, -0.25) is 9.36 Å². The number of unbranched alkanes of at least 4 members (excludes halogenated alkanes) is 38. The molecule has 3 unspecified atom stereocenters. The molecule has 0 fully saturated rings. The van der Waals surface area contributed by atoms with Crippen LogP contribution >= 0.6 is 7.82 Å². The van der Waals surface area contributed by atoms with E-state index in [9.17, 15) is 19.4 Å². The van der Waals surface area contributed by atoms with E-state index in [1.165, 1.54) is 218 Å². The maximum Gasteiger partial charge on any atom is 0.268 e. The van der Waals surface area contributed by atoms with E-state index in [1.807, 2.05) is 27.2 Å². The van der Waals surface area contributed by atoms with E-state index in [2.05, 4.69) is 92.1 Å². The van der Waals surface area contributed by atoms with Crippen molar-refractivity contribution < 1.29 is 32.9 Å². The summed E-state index contributed by atoms with van der Waals surface area (Å²) in [6, 6.07) is -0.890. The molecule has 0 saturated heterocycles. The molecule has 0 heterocycles. The number of carbonyl (C=O) groups is 1. The lowest BCUT2D eigenvalue weighted by Crippen LogP contribution is -2.45. The third-order valence-corrected chi connectivity index (χ3v) is 16.3. The summed E-state index contributed by atoms with van der Waals surface area (Å²) in [6.07, 6.45) is 88.4. The molecule has 8 nitrogen and oxygen atoms in total. The molecule has 0 bridgehead atoms. The van der Waals surface area contributed by atoms with E-state index in [0.29, 0.717) is 17.4 Å².